The maximum absolute atomic E-state index is 13.5. The molecule has 0 saturated carbocycles. The van der Waals surface area contributed by atoms with E-state index in [1.807, 2.05) is 0 Å². The van der Waals surface area contributed by atoms with E-state index in [-0.39, 0.29) is 12.1 Å². The number of carbonyl (C=O) groups excluding carboxylic acids is 1. The SMILES string of the molecule is C=CCN(CC(=O)O)C(=O)c1cc(Br)ccc1F. The maximum Gasteiger partial charge on any atom is 0.323 e. The number of carboxylic acid groups (broad SMARTS) is 1. The summed E-state index contributed by atoms with van der Waals surface area (Å²) >= 11 is 3.13. The summed E-state index contributed by atoms with van der Waals surface area (Å²) in [4.78, 5) is 23.6. The Morgan fingerprint density at radius 3 is 2.72 bits per heavy atom. The molecule has 4 nitrogen and oxygen atoms in total. The number of rotatable bonds is 5. The van der Waals surface area contributed by atoms with Crippen LogP contribution in [0.4, 0.5) is 4.39 Å². The topological polar surface area (TPSA) is 57.6 Å². The van der Waals surface area contributed by atoms with Gasteiger partial charge in [-0.1, -0.05) is 22.0 Å². The highest BCUT2D eigenvalue weighted by Gasteiger charge is 2.20. The Morgan fingerprint density at radius 1 is 1.50 bits per heavy atom. The first kappa shape index (κ1) is 14.4. The van der Waals surface area contributed by atoms with Crippen molar-refractivity contribution in [1.29, 1.82) is 0 Å². The minimum atomic E-state index is -1.17. The fourth-order valence-electron chi connectivity index (χ4n) is 1.37. The van der Waals surface area contributed by atoms with Crippen LogP contribution in [0.15, 0.2) is 35.3 Å². The van der Waals surface area contributed by atoms with Crippen LogP contribution < -0.4 is 0 Å². The predicted octanol–water partition coefficient (Wildman–Crippen LogP) is 2.30. The standard InChI is InChI=1S/C12H11BrFNO3/c1-2-5-15(7-11(16)17)12(18)9-6-8(13)3-4-10(9)14/h2-4,6H,1,5,7H2,(H,16,17). The van der Waals surface area contributed by atoms with Gasteiger partial charge in [-0.3, -0.25) is 9.59 Å². The van der Waals surface area contributed by atoms with Gasteiger partial charge in [-0.15, -0.1) is 6.58 Å². The third-order valence-corrected chi connectivity index (χ3v) is 2.61. The fraction of sp³-hybridized carbons (Fsp3) is 0.167. The van der Waals surface area contributed by atoms with Crippen LogP contribution >= 0.6 is 15.9 Å². The van der Waals surface area contributed by atoms with E-state index in [1.54, 1.807) is 0 Å². The first-order chi connectivity index (χ1) is 8.45. The Kier molecular flexibility index (Phi) is 5.03. The molecule has 1 aromatic rings. The van der Waals surface area contributed by atoms with Gasteiger partial charge in [0.05, 0.1) is 5.56 Å². The average molecular weight is 316 g/mol. The van der Waals surface area contributed by atoms with Gasteiger partial charge in [-0.25, -0.2) is 4.39 Å². The molecule has 1 amide bonds. The lowest BCUT2D eigenvalue weighted by atomic mass is 10.2. The van der Waals surface area contributed by atoms with Crippen molar-refractivity contribution in [2.24, 2.45) is 0 Å². The summed E-state index contributed by atoms with van der Waals surface area (Å²) in [5, 5.41) is 8.70. The molecule has 0 atom stereocenters. The fourth-order valence-corrected chi connectivity index (χ4v) is 1.73. The van der Waals surface area contributed by atoms with Crippen molar-refractivity contribution in [2.75, 3.05) is 13.1 Å². The number of aliphatic carboxylic acids is 1. The van der Waals surface area contributed by atoms with E-state index in [9.17, 15) is 14.0 Å². The molecule has 6 heteroatoms. The van der Waals surface area contributed by atoms with Gasteiger partial charge in [0.2, 0.25) is 0 Å². The minimum absolute atomic E-state index is 0.0388. The van der Waals surface area contributed by atoms with Crippen LogP contribution in [-0.4, -0.2) is 35.0 Å². The van der Waals surface area contributed by atoms with E-state index >= 15 is 0 Å². The molecule has 18 heavy (non-hydrogen) atoms. The smallest absolute Gasteiger partial charge is 0.323 e. The molecule has 96 valence electrons. The van der Waals surface area contributed by atoms with Gasteiger partial charge in [-0.2, -0.15) is 0 Å². The van der Waals surface area contributed by atoms with E-state index in [4.69, 9.17) is 5.11 Å². The number of carboxylic acids is 1. The van der Waals surface area contributed by atoms with Crippen LogP contribution in [0.1, 0.15) is 10.4 Å². The van der Waals surface area contributed by atoms with Crippen molar-refractivity contribution >= 4 is 27.8 Å². The van der Waals surface area contributed by atoms with Gasteiger partial charge in [0.15, 0.2) is 0 Å². The molecule has 0 fully saturated rings. The number of benzene rings is 1. The largest absolute Gasteiger partial charge is 0.480 e. The number of carbonyl (C=O) groups is 2. The summed E-state index contributed by atoms with van der Waals surface area (Å²) < 4.78 is 14.1. The molecule has 1 N–H and O–H groups in total. The third kappa shape index (κ3) is 3.66. The van der Waals surface area contributed by atoms with Gasteiger partial charge in [0.1, 0.15) is 12.4 Å². The zero-order chi connectivity index (χ0) is 13.7. The maximum atomic E-state index is 13.5. The Balaban J connectivity index is 3.04. The molecular weight excluding hydrogens is 305 g/mol. The number of hydrogen-bond donors (Lipinski definition) is 1. The van der Waals surface area contributed by atoms with Crippen molar-refractivity contribution in [1.82, 2.24) is 4.90 Å². The summed E-state index contributed by atoms with van der Waals surface area (Å²) in [6, 6.07) is 3.92. The van der Waals surface area contributed by atoms with E-state index in [2.05, 4.69) is 22.5 Å². The summed E-state index contributed by atoms with van der Waals surface area (Å²) in [6.45, 7) is 2.97. The zero-order valence-corrected chi connectivity index (χ0v) is 11.0. The number of halogens is 2. The molecule has 1 aromatic carbocycles. The number of amides is 1. The van der Waals surface area contributed by atoms with Crippen LogP contribution in [-0.2, 0) is 4.79 Å². The lowest BCUT2D eigenvalue weighted by Gasteiger charge is -2.19. The van der Waals surface area contributed by atoms with Crippen LogP contribution in [0.3, 0.4) is 0 Å². The molecule has 0 aromatic heterocycles. The molecule has 0 bridgehead atoms. The third-order valence-electron chi connectivity index (χ3n) is 2.12. The molecule has 0 spiro atoms. The highest BCUT2D eigenvalue weighted by molar-refractivity contribution is 9.10. The van der Waals surface area contributed by atoms with Gasteiger partial charge in [-0.05, 0) is 18.2 Å². The number of nitrogens with zero attached hydrogens (tertiary/aromatic N) is 1. The van der Waals surface area contributed by atoms with E-state index in [0.29, 0.717) is 4.47 Å². The van der Waals surface area contributed by atoms with Gasteiger partial charge < -0.3 is 10.0 Å². The van der Waals surface area contributed by atoms with Crippen molar-refractivity contribution in [2.45, 2.75) is 0 Å². The van der Waals surface area contributed by atoms with E-state index in [0.717, 1.165) is 11.0 Å². The highest BCUT2D eigenvalue weighted by atomic mass is 79.9. The van der Waals surface area contributed by atoms with Gasteiger partial charge in [0.25, 0.3) is 5.91 Å². The normalized spacial score (nSPS) is 9.89. The van der Waals surface area contributed by atoms with Crippen molar-refractivity contribution in [3.63, 3.8) is 0 Å². The van der Waals surface area contributed by atoms with Crippen LogP contribution in [0.25, 0.3) is 0 Å². The molecule has 0 radical (unpaired) electrons. The minimum Gasteiger partial charge on any atom is -0.480 e. The first-order valence-corrected chi connectivity index (χ1v) is 5.82. The molecule has 0 unspecified atom stereocenters. The van der Waals surface area contributed by atoms with Crippen LogP contribution in [0.5, 0.6) is 0 Å². The Bertz CT molecular complexity index is 490. The lowest BCUT2D eigenvalue weighted by molar-refractivity contribution is -0.137. The van der Waals surface area contributed by atoms with E-state index in [1.165, 1.54) is 18.2 Å². The second-order valence-electron chi connectivity index (χ2n) is 3.49. The zero-order valence-electron chi connectivity index (χ0n) is 9.40. The molecular formula is C12H11BrFNO3. The lowest BCUT2D eigenvalue weighted by Crippen LogP contribution is -2.36. The van der Waals surface area contributed by atoms with E-state index < -0.39 is 24.2 Å². The van der Waals surface area contributed by atoms with Crippen LogP contribution in [0.2, 0.25) is 0 Å². The molecule has 0 heterocycles. The second kappa shape index (κ2) is 6.30. The predicted molar refractivity (Wildman–Crippen MR) is 67.8 cm³/mol. The summed E-state index contributed by atoms with van der Waals surface area (Å²) in [5.41, 5.74) is -0.174. The Labute approximate surface area is 112 Å². The van der Waals surface area contributed by atoms with Gasteiger partial charge >= 0.3 is 5.97 Å². The van der Waals surface area contributed by atoms with Gasteiger partial charge in [0, 0.05) is 11.0 Å². The van der Waals surface area contributed by atoms with Crippen LogP contribution in [0, 0.1) is 5.82 Å². The average Bonchev–Trinajstić information content (AvgIpc) is 2.30. The number of hydrogen-bond acceptors (Lipinski definition) is 2. The molecule has 0 aliphatic heterocycles. The quantitative estimate of drug-likeness (QED) is 0.848. The second-order valence-corrected chi connectivity index (χ2v) is 4.41. The highest BCUT2D eigenvalue weighted by Crippen LogP contribution is 2.17. The Hall–Kier alpha value is -1.69. The molecule has 0 aliphatic carbocycles. The Morgan fingerprint density at radius 2 is 2.17 bits per heavy atom. The molecule has 0 saturated heterocycles. The monoisotopic (exact) mass is 315 g/mol. The summed E-state index contributed by atoms with van der Waals surface area (Å²) in [5.74, 6) is -2.54. The van der Waals surface area contributed by atoms with Crippen molar-refractivity contribution < 1.29 is 19.1 Å². The molecule has 1 rings (SSSR count). The molecule has 0 aliphatic rings. The van der Waals surface area contributed by atoms with Crippen molar-refractivity contribution in [3.8, 4) is 0 Å². The summed E-state index contributed by atoms with van der Waals surface area (Å²) in [6.07, 6.45) is 1.39. The first-order valence-electron chi connectivity index (χ1n) is 5.02. The van der Waals surface area contributed by atoms with Crippen molar-refractivity contribution in [3.05, 3.63) is 46.7 Å². The summed E-state index contributed by atoms with van der Waals surface area (Å²) in [7, 11) is 0.